The van der Waals surface area contributed by atoms with Crippen molar-refractivity contribution < 1.29 is 14.3 Å². The Morgan fingerprint density at radius 3 is 2.70 bits per heavy atom. The number of anilines is 1. The quantitative estimate of drug-likeness (QED) is 0.632. The number of aromatic nitrogens is 3. The second-order valence-electron chi connectivity index (χ2n) is 5.69. The molecule has 2 heterocycles. The molecule has 3 rings (SSSR count). The van der Waals surface area contributed by atoms with Gasteiger partial charge in [-0.25, -0.2) is 9.67 Å². The van der Waals surface area contributed by atoms with Crippen molar-refractivity contribution in [2.45, 2.75) is 26.7 Å². The molecule has 7 nitrogen and oxygen atoms in total. The zero-order valence-electron chi connectivity index (χ0n) is 15.1. The molecule has 0 saturated heterocycles. The molecule has 3 aromatic rings. The first-order valence-corrected chi connectivity index (χ1v) is 9.54. The molecule has 8 heteroatoms. The second-order valence-corrected chi connectivity index (χ2v) is 6.54. The minimum atomic E-state index is -0.335. The fraction of sp³-hybridized carbons (Fsp3) is 0.263. The lowest BCUT2D eigenvalue weighted by molar-refractivity contribution is -0.142. The smallest absolute Gasteiger partial charge is 0.311 e. The Bertz CT molecular complexity index is 934. The van der Waals surface area contributed by atoms with Gasteiger partial charge in [-0.1, -0.05) is 25.1 Å². The number of ether oxygens (including phenoxy) is 1. The summed E-state index contributed by atoms with van der Waals surface area (Å²) in [4.78, 5) is 28.5. The number of amides is 1. The maximum Gasteiger partial charge on any atom is 0.311 e. The van der Waals surface area contributed by atoms with Crippen LogP contribution >= 0.6 is 11.3 Å². The number of hydrogen-bond donors (Lipinski definition) is 1. The maximum atomic E-state index is 12.7. The van der Waals surface area contributed by atoms with Crippen LogP contribution in [-0.2, 0) is 22.4 Å². The van der Waals surface area contributed by atoms with Gasteiger partial charge >= 0.3 is 5.97 Å². The molecular weight excluding hydrogens is 364 g/mol. The van der Waals surface area contributed by atoms with E-state index in [0.717, 1.165) is 11.4 Å². The van der Waals surface area contributed by atoms with E-state index in [0.29, 0.717) is 29.4 Å². The first kappa shape index (κ1) is 18.8. The monoisotopic (exact) mass is 384 g/mol. The van der Waals surface area contributed by atoms with Crippen molar-refractivity contribution in [3.05, 3.63) is 58.9 Å². The van der Waals surface area contributed by atoms with Crippen molar-refractivity contribution in [3.63, 3.8) is 0 Å². The second kappa shape index (κ2) is 8.59. The predicted octanol–water partition coefficient (Wildman–Crippen LogP) is 3.25. The van der Waals surface area contributed by atoms with Crippen LogP contribution in [0.3, 0.4) is 0 Å². The molecule has 27 heavy (non-hydrogen) atoms. The molecule has 1 amide bonds. The number of carbonyl (C=O) groups excluding carboxylic acids is 2. The van der Waals surface area contributed by atoms with Gasteiger partial charge < -0.3 is 4.74 Å². The third-order valence-electron chi connectivity index (χ3n) is 3.85. The molecule has 0 unspecified atom stereocenters. The molecule has 0 spiro atoms. The van der Waals surface area contributed by atoms with Gasteiger partial charge in [-0.3, -0.25) is 14.9 Å². The third-order valence-corrected chi connectivity index (χ3v) is 4.66. The predicted molar refractivity (Wildman–Crippen MR) is 103 cm³/mol. The van der Waals surface area contributed by atoms with Crippen LogP contribution in [0.5, 0.6) is 0 Å². The van der Waals surface area contributed by atoms with Crippen molar-refractivity contribution in [3.8, 4) is 5.69 Å². The van der Waals surface area contributed by atoms with Crippen molar-refractivity contribution in [1.82, 2.24) is 14.8 Å². The van der Waals surface area contributed by atoms with E-state index in [-0.39, 0.29) is 18.3 Å². The first-order valence-electron chi connectivity index (χ1n) is 8.66. The Labute approximate surface area is 161 Å². The van der Waals surface area contributed by atoms with Crippen LogP contribution in [0.15, 0.2) is 41.9 Å². The number of nitrogens with zero attached hydrogens (tertiary/aromatic N) is 3. The summed E-state index contributed by atoms with van der Waals surface area (Å²) >= 11 is 1.27. The average Bonchev–Trinajstić information content (AvgIpc) is 3.29. The van der Waals surface area contributed by atoms with Gasteiger partial charge in [0.2, 0.25) is 0 Å². The Morgan fingerprint density at radius 2 is 2.00 bits per heavy atom. The number of carbonyl (C=O) groups is 2. The summed E-state index contributed by atoms with van der Waals surface area (Å²) < 4.78 is 6.67. The molecule has 140 valence electrons. The summed E-state index contributed by atoms with van der Waals surface area (Å²) in [6, 6.07) is 9.67. The lowest BCUT2D eigenvalue weighted by Gasteiger charge is -2.07. The molecule has 1 aromatic carbocycles. The van der Waals surface area contributed by atoms with Crippen molar-refractivity contribution in [1.29, 1.82) is 0 Å². The number of para-hydroxylation sites is 1. The van der Waals surface area contributed by atoms with Gasteiger partial charge in [0.15, 0.2) is 5.13 Å². The largest absolute Gasteiger partial charge is 0.466 e. The highest BCUT2D eigenvalue weighted by Gasteiger charge is 2.18. The van der Waals surface area contributed by atoms with E-state index in [1.807, 2.05) is 37.3 Å². The molecule has 0 aliphatic heterocycles. The first-order chi connectivity index (χ1) is 13.1. The van der Waals surface area contributed by atoms with Crippen LogP contribution in [0.1, 0.15) is 35.6 Å². The van der Waals surface area contributed by atoms with E-state index >= 15 is 0 Å². The number of hydrogen-bond acceptors (Lipinski definition) is 6. The zero-order chi connectivity index (χ0) is 19.2. The maximum absolute atomic E-state index is 12.7. The number of nitrogens with one attached hydrogen (secondary N) is 1. The highest BCUT2D eigenvalue weighted by atomic mass is 32.1. The zero-order valence-corrected chi connectivity index (χ0v) is 16.0. The average molecular weight is 384 g/mol. The van der Waals surface area contributed by atoms with Gasteiger partial charge in [0.1, 0.15) is 0 Å². The highest BCUT2D eigenvalue weighted by Crippen LogP contribution is 2.20. The van der Waals surface area contributed by atoms with Gasteiger partial charge in [-0.05, 0) is 25.5 Å². The van der Waals surface area contributed by atoms with Crippen LogP contribution in [0.4, 0.5) is 5.13 Å². The van der Waals surface area contributed by atoms with E-state index in [2.05, 4.69) is 15.4 Å². The number of benzene rings is 1. The lowest BCUT2D eigenvalue weighted by atomic mass is 10.2. The normalized spacial score (nSPS) is 10.6. The minimum Gasteiger partial charge on any atom is -0.466 e. The standard InChI is InChI=1S/C19H20N4O3S/c1-3-16-15(11-20-23(16)14-8-6-5-7-9-14)18(25)22-19-21-13(12-27-19)10-17(24)26-4-2/h5-9,11-12H,3-4,10H2,1-2H3,(H,21,22,25). The molecule has 1 N–H and O–H groups in total. The molecule has 0 radical (unpaired) electrons. The van der Waals surface area contributed by atoms with E-state index < -0.39 is 0 Å². The SMILES string of the molecule is CCOC(=O)Cc1csc(NC(=O)c2cnn(-c3ccccc3)c2CC)n1. The fourth-order valence-corrected chi connectivity index (χ4v) is 3.37. The molecule has 0 saturated carbocycles. The summed E-state index contributed by atoms with van der Waals surface area (Å²) in [7, 11) is 0. The van der Waals surface area contributed by atoms with Gasteiger partial charge in [-0.15, -0.1) is 11.3 Å². The van der Waals surface area contributed by atoms with Crippen molar-refractivity contribution in [2.24, 2.45) is 0 Å². The van der Waals surface area contributed by atoms with Crippen LogP contribution < -0.4 is 5.32 Å². The molecule has 0 bridgehead atoms. The Morgan fingerprint density at radius 1 is 1.22 bits per heavy atom. The molecule has 0 atom stereocenters. The molecule has 0 aliphatic carbocycles. The van der Waals surface area contributed by atoms with Crippen LogP contribution in [-0.4, -0.2) is 33.2 Å². The fourth-order valence-electron chi connectivity index (χ4n) is 2.67. The summed E-state index contributed by atoms with van der Waals surface area (Å²) in [6.07, 6.45) is 2.31. The van der Waals surface area contributed by atoms with Crippen molar-refractivity contribution >= 4 is 28.3 Å². The summed E-state index contributed by atoms with van der Waals surface area (Å²) in [6.45, 7) is 4.07. The van der Waals surface area contributed by atoms with E-state index in [9.17, 15) is 9.59 Å². The molecular formula is C19H20N4O3S. The Kier molecular flexibility index (Phi) is 5.97. The van der Waals surface area contributed by atoms with Crippen LogP contribution in [0.25, 0.3) is 5.69 Å². The Hall–Kier alpha value is -3.00. The number of rotatable bonds is 7. The minimum absolute atomic E-state index is 0.0896. The van der Waals surface area contributed by atoms with Crippen molar-refractivity contribution in [2.75, 3.05) is 11.9 Å². The molecule has 0 aliphatic rings. The van der Waals surface area contributed by atoms with E-state index in [4.69, 9.17) is 4.74 Å². The van der Waals surface area contributed by atoms with Gasteiger partial charge in [0, 0.05) is 5.38 Å². The Balaban J connectivity index is 1.74. The van der Waals surface area contributed by atoms with Gasteiger partial charge in [0.05, 0.1) is 41.9 Å². The summed E-state index contributed by atoms with van der Waals surface area (Å²) in [5, 5.41) is 9.32. The van der Waals surface area contributed by atoms with E-state index in [1.165, 1.54) is 11.3 Å². The third kappa shape index (κ3) is 4.40. The highest BCUT2D eigenvalue weighted by molar-refractivity contribution is 7.14. The summed E-state index contributed by atoms with van der Waals surface area (Å²) in [5.74, 6) is -0.607. The molecule has 0 fully saturated rings. The van der Waals surface area contributed by atoms with Crippen LogP contribution in [0, 0.1) is 0 Å². The van der Waals surface area contributed by atoms with Crippen LogP contribution in [0.2, 0.25) is 0 Å². The lowest BCUT2D eigenvalue weighted by Crippen LogP contribution is -2.14. The molecule has 2 aromatic heterocycles. The summed E-state index contributed by atoms with van der Waals surface area (Å²) in [5.41, 5.74) is 2.80. The number of thiazole rings is 1. The topological polar surface area (TPSA) is 86.1 Å². The van der Waals surface area contributed by atoms with E-state index in [1.54, 1.807) is 23.2 Å². The van der Waals surface area contributed by atoms with Gasteiger partial charge in [0.25, 0.3) is 5.91 Å². The number of esters is 1. The van der Waals surface area contributed by atoms with Gasteiger partial charge in [-0.2, -0.15) is 5.10 Å².